The highest BCUT2D eigenvalue weighted by molar-refractivity contribution is 7.19. The van der Waals surface area contributed by atoms with Gasteiger partial charge in [-0.25, -0.2) is 4.98 Å². The maximum Gasteiger partial charge on any atom is 0.416 e. The van der Waals surface area contributed by atoms with Gasteiger partial charge in [-0.05, 0) is 36.1 Å². The molecule has 2 aromatic carbocycles. The number of nitrogens with zero attached hydrogens (tertiary/aromatic N) is 2. The Morgan fingerprint density at radius 2 is 1.87 bits per heavy atom. The highest BCUT2D eigenvalue weighted by Crippen LogP contribution is 2.31. The average molecular weight is 441 g/mol. The van der Waals surface area contributed by atoms with E-state index in [9.17, 15) is 18.0 Å². The van der Waals surface area contributed by atoms with Crippen LogP contribution in [-0.2, 0) is 25.7 Å². The van der Waals surface area contributed by atoms with E-state index in [1.54, 1.807) is 11.3 Å². The number of benzene rings is 2. The summed E-state index contributed by atoms with van der Waals surface area (Å²) in [4.78, 5) is 23.4. The number of rotatable bonds is 3. The summed E-state index contributed by atoms with van der Waals surface area (Å²) in [5.74, 6) is 0.293. The van der Waals surface area contributed by atoms with Crippen molar-refractivity contribution in [2.75, 3.05) is 6.54 Å². The summed E-state index contributed by atoms with van der Waals surface area (Å²) >= 11 is 1.76. The predicted octanol–water partition coefficient (Wildman–Crippen LogP) is 5.23. The quantitative estimate of drug-likeness (QED) is 0.474. The van der Waals surface area contributed by atoms with Gasteiger partial charge in [-0.1, -0.05) is 30.3 Å². The lowest BCUT2D eigenvalue weighted by molar-refractivity contribution is -0.137. The molecule has 5 rings (SSSR count). The van der Waals surface area contributed by atoms with Crippen LogP contribution in [0.15, 0.2) is 59.4 Å². The molecule has 31 heavy (non-hydrogen) atoms. The number of nitrogens with one attached hydrogen (secondary N) is 1. The van der Waals surface area contributed by atoms with Gasteiger partial charge in [0.2, 0.25) is 0 Å². The lowest BCUT2D eigenvalue weighted by Gasteiger charge is -2.27. The lowest BCUT2D eigenvalue weighted by atomic mass is 10.1. The summed E-state index contributed by atoms with van der Waals surface area (Å²) in [6.07, 6.45) is -3.81. The smallest absolute Gasteiger partial charge is 0.306 e. The molecule has 1 aliphatic heterocycles. The van der Waals surface area contributed by atoms with Crippen molar-refractivity contribution in [2.45, 2.75) is 25.7 Å². The van der Waals surface area contributed by atoms with E-state index in [4.69, 9.17) is 0 Å². The fourth-order valence-electron chi connectivity index (χ4n) is 3.92. The zero-order valence-corrected chi connectivity index (χ0v) is 17.2. The van der Waals surface area contributed by atoms with Gasteiger partial charge in [0.15, 0.2) is 0 Å². The second kappa shape index (κ2) is 7.62. The number of hydrogen-bond donors (Lipinski definition) is 1. The molecule has 0 radical (unpaired) electrons. The Balaban J connectivity index is 1.40. The van der Waals surface area contributed by atoms with Crippen molar-refractivity contribution in [3.8, 4) is 11.4 Å². The highest BCUT2D eigenvalue weighted by Gasteiger charge is 2.30. The van der Waals surface area contributed by atoms with Gasteiger partial charge in [-0.15, -0.1) is 11.3 Å². The molecule has 4 nitrogen and oxygen atoms in total. The van der Waals surface area contributed by atoms with Crippen LogP contribution in [0.25, 0.3) is 21.5 Å². The van der Waals surface area contributed by atoms with Gasteiger partial charge in [-0.3, -0.25) is 9.69 Å². The zero-order valence-electron chi connectivity index (χ0n) is 16.4. The zero-order chi connectivity index (χ0) is 21.6. The number of thiophene rings is 1. The Morgan fingerprint density at radius 3 is 2.61 bits per heavy atom. The van der Waals surface area contributed by atoms with Crippen LogP contribution >= 0.6 is 11.3 Å². The van der Waals surface area contributed by atoms with Gasteiger partial charge in [0.05, 0.1) is 11.3 Å². The molecule has 4 aromatic rings. The van der Waals surface area contributed by atoms with E-state index in [0.29, 0.717) is 35.6 Å². The molecule has 0 atom stereocenters. The molecule has 0 aliphatic carbocycles. The molecule has 0 fully saturated rings. The van der Waals surface area contributed by atoms with E-state index in [-0.39, 0.29) is 5.56 Å². The molecule has 158 valence electrons. The summed E-state index contributed by atoms with van der Waals surface area (Å²) in [5, 5.41) is 1.22. The monoisotopic (exact) mass is 441 g/mol. The standard InChI is InChI=1S/C23H18F3N3OS/c24-23(25,26)16-7-5-14(6-8-16)21-27-19-13-29(10-9-18(19)22(30)28-21)12-17-11-15-3-1-2-4-20(15)31-17/h1-8,11H,9-10,12-13H2,(H,27,28,30). The maximum atomic E-state index is 12.8. The van der Waals surface area contributed by atoms with E-state index < -0.39 is 11.7 Å². The first-order valence-corrected chi connectivity index (χ1v) is 10.7. The van der Waals surface area contributed by atoms with Crippen molar-refractivity contribution < 1.29 is 13.2 Å². The summed E-state index contributed by atoms with van der Waals surface area (Å²) < 4.78 is 39.7. The first kappa shape index (κ1) is 20.0. The van der Waals surface area contributed by atoms with Crippen LogP contribution in [0.5, 0.6) is 0 Å². The fraction of sp³-hybridized carbons (Fsp3) is 0.217. The van der Waals surface area contributed by atoms with Crippen molar-refractivity contribution in [3.05, 3.63) is 86.6 Å². The van der Waals surface area contributed by atoms with Crippen LogP contribution in [0.1, 0.15) is 21.7 Å². The summed E-state index contributed by atoms with van der Waals surface area (Å²) in [7, 11) is 0. The van der Waals surface area contributed by atoms with Crippen molar-refractivity contribution >= 4 is 21.4 Å². The SMILES string of the molecule is O=c1[nH]c(-c2ccc(C(F)(F)F)cc2)nc2c1CCN(Cc1cc3ccccc3s1)C2. The molecule has 0 saturated carbocycles. The number of alkyl halides is 3. The van der Waals surface area contributed by atoms with Crippen molar-refractivity contribution in [1.29, 1.82) is 0 Å². The molecule has 1 N–H and O–H groups in total. The summed E-state index contributed by atoms with van der Waals surface area (Å²) in [6, 6.07) is 15.1. The molecule has 2 aromatic heterocycles. The molecule has 8 heteroatoms. The lowest BCUT2D eigenvalue weighted by Crippen LogP contribution is -2.34. The topological polar surface area (TPSA) is 49.0 Å². The van der Waals surface area contributed by atoms with Crippen LogP contribution in [-0.4, -0.2) is 21.4 Å². The van der Waals surface area contributed by atoms with E-state index in [0.717, 1.165) is 25.2 Å². The Labute approximate surface area is 180 Å². The fourth-order valence-corrected chi connectivity index (χ4v) is 5.02. The van der Waals surface area contributed by atoms with Gasteiger partial charge in [-0.2, -0.15) is 13.2 Å². The second-order valence-electron chi connectivity index (χ2n) is 7.63. The minimum absolute atomic E-state index is 0.221. The molecule has 0 unspecified atom stereocenters. The third-order valence-corrected chi connectivity index (χ3v) is 6.60. The molecular weight excluding hydrogens is 423 g/mol. The van der Waals surface area contributed by atoms with E-state index in [2.05, 4.69) is 33.1 Å². The Morgan fingerprint density at radius 1 is 1.10 bits per heavy atom. The largest absolute Gasteiger partial charge is 0.416 e. The van der Waals surface area contributed by atoms with E-state index in [1.165, 1.54) is 27.1 Å². The van der Waals surface area contributed by atoms with Crippen LogP contribution in [0.3, 0.4) is 0 Å². The van der Waals surface area contributed by atoms with Crippen molar-refractivity contribution in [2.24, 2.45) is 0 Å². The molecular formula is C23H18F3N3OS. The predicted molar refractivity (Wildman–Crippen MR) is 115 cm³/mol. The first-order chi connectivity index (χ1) is 14.9. The number of H-pyrrole nitrogens is 1. The highest BCUT2D eigenvalue weighted by atomic mass is 32.1. The van der Waals surface area contributed by atoms with Crippen LogP contribution in [0.4, 0.5) is 13.2 Å². The molecule has 0 spiro atoms. The minimum Gasteiger partial charge on any atom is -0.306 e. The third kappa shape index (κ3) is 4.00. The van der Waals surface area contributed by atoms with Crippen LogP contribution in [0.2, 0.25) is 0 Å². The van der Waals surface area contributed by atoms with Crippen LogP contribution < -0.4 is 5.56 Å². The summed E-state index contributed by atoms with van der Waals surface area (Å²) in [6.45, 7) is 2.05. The number of fused-ring (bicyclic) bond motifs is 2. The van der Waals surface area contributed by atoms with Gasteiger partial charge >= 0.3 is 6.18 Å². The molecule has 3 heterocycles. The third-order valence-electron chi connectivity index (χ3n) is 5.49. The Hall–Kier alpha value is -2.97. The van der Waals surface area contributed by atoms with Gasteiger partial charge in [0.25, 0.3) is 5.56 Å². The number of halogens is 3. The van der Waals surface area contributed by atoms with Crippen LogP contribution in [0, 0.1) is 0 Å². The summed E-state index contributed by atoms with van der Waals surface area (Å²) in [5.41, 5.74) is 0.844. The maximum absolute atomic E-state index is 12.8. The normalized spacial score (nSPS) is 14.7. The molecule has 0 amide bonds. The minimum atomic E-state index is -4.40. The second-order valence-corrected chi connectivity index (χ2v) is 8.79. The first-order valence-electron chi connectivity index (χ1n) is 9.86. The number of aromatic nitrogens is 2. The van der Waals surface area contributed by atoms with Crippen molar-refractivity contribution in [3.63, 3.8) is 0 Å². The Bertz CT molecular complexity index is 1280. The molecule has 1 aliphatic rings. The number of hydrogen-bond acceptors (Lipinski definition) is 4. The van der Waals surface area contributed by atoms with Crippen molar-refractivity contribution in [1.82, 2.24) is 14.9 Å². The van der Waals surface area contributed by atoms with Gasteiger partial charge in [0, 0.05) is 40.3 Å². The average Bonchev–Trinajstić information content (AvgIpc) is 3.15. The molecule has 0 bridgehead atoms. The van der Waals surface area contributed by atoms with Gasteiger partial charge in [0.1, 0.15) is 5.82 Å². The van der Waals surface area contributed by atoms with E-state index >= 15 is 0 Å². The number of aromatic amines is 1. The van der Waals surface area contributed by atoms with Gasteiger partial charge < -0.3 is 4.98 Å². The Kier molecular flexibility index (Phi) is 4.91. The van der Waals surface area contributed by atoms with E-state index in [1.807, 2.05) is 12.1 Å². The molecule has 0 saturated heterocycles.